The van der Waals surface area contributed by atoms with Gasteiger partial charge in [0, 0.05) is 36.8 Å². The van der Waals surface area contributed by atoms with E-state index >= 15 is 0 Å². The molecule has 2 heterocycles. The fourth-order valence-electron chi connectivity index (χ4n) is 3.03. The first kappa shape index (κ1) is 18.9. The summed E-state index contributed by atoms with van der Waals surface area (Å²) in [6.45, 7) is 4.87. The van der Waals surface area contributed by atoms with Gasteiger partial charge in [0.2, 0.25) is 5.88 Å². The highest BCUT2D eigenvalue weighted by Crippen LogP contribution is 2.27. The van der Waals surface area contributed by atoms with Gasteiger partial charge < -0.3 is 14.4 Å². The summed E-state index contributed by atoms with van der Waals surface area (Å²) < 4.78 is 7.75. The molecule has 0 aliphatic heterocycles. The molecule has 6 nitrogen and oxygen atoms in total. The van der Waals surface area contributed by atoms with Crippen molar-refractivity contribution >= 4 is 10.9 Å². The zero-order valence-corrected chi connectivity index (χ0v) is 15.6. The average Bonchev–Trinajstić information content (AvgIpc) is 3.05. The molecule has 6 heteroatoms. The van der Waals surface area contributed by atoms with E-state index in [0.717, 1.165) is 16.5 Å². The molecule has 140 valence electrons. The lowest BCUT2D eigenvalue weighted by atomic mass is 10.2. The Morgan fingerprint density at radius 1 is 1.26 bits per heavy atom. The molecule has 0 radical (unpaired) electrons. The lowest BCUT2D eigenvalue weighted by molar-refractivity contribution is 0.0986. The topological polar surface area (TPSA) is 83.1 Å². The van der Waals surface area contributed by atoms with Crippen molar-refractivity contribution in [3.63, 3.8) is 0 Å². The number of pyridine rings is 1. The van der Waals surface area contributed by atoms with Gasteiger partial charge in [-0.2, -0.15) is 5.26 Å². The molecule has 0 saturated heterocycles. The van der Waals surface area contributed by atoms with Crippen LogP contribution in [-0.2, 0) is 6.54 Å². The zero-order chi connectivity index (χ0) is 19.2. The Morgan fingerprint density at radius 3 is 2.74 bits per heavy atom. The SMILES string of the molecule is CC(C)NC(O)CCOc1ncc2ccn(Cc3ccccc3)c2c1C#N. The molecular formula is C21H24N4O2. The van der Waals surface area contributed by atoms with Crippen molar-refractivity contribution in [1.82, 2.24) is 14.9 Å². The predicted octanol–water partition coefficient (Wildman–Crippen LogP) is 3.04. The molecule has 27 heavy (non-hydrogen) atoms. The highest BCUT2D eigenvalue weighted by atomic mass is 16.5. The van der Waals surface area contributed by atoms with Crippen LogP contribution in [0.3, 0.4) is 0 Å². The van der Waals surface area contributed by atoms with Crippen molar-refractivity contribution in [3.8, 4) is 11.9 Å². The highest BCUT2D eigenvalue weighted by Gasteiger charge is 2.15. The first-order valence-corrected chi connectivity index (χ1v) is 9.07. The second kappa shape index (κ2) is 8.67. The van der Waals surface area contributed by atoms with Crippen molar-refractivity contribution in [2.45, 2.75) is 39.1 Å². The number of nitrogens with zero attached hydrogens (tertiary/aromatic N) is 3. The number of aliphatic hydroxyl groups is 1. The molecule has 0 amide bonds. The standard InChI is InChI=1S/C21H24N4O2/c1-15(2)24-19(26)9-11-27-21-18(12-22)20-17(13-23-21)8-10-25(20)14-16-6-4-3-5-7-16/h3-8,10,13,15,19,24,26H,9,11,14H2,1-2H3. The van der Waals surface area contributed by atoms with Crippen LogP contribution < -0.4 is 10.1 Å². The van der Waals surface area contributed by atoms with E-state index in [9.17, 15) is 10.4 Å². The molecule has 1 unspecified atom stereocenters. The molecule has 0 spiro atoms. The van der Waals surface area contributed by atoms with Gasteiger partial charge in [-0.3, -0.25) is 5.32 Å². The second-order valence-electron chi connectivity index (χ2n) is 6.76. The third kappa shape index (κ3) is 4.64. The Balaban J connectivity index is 1.81. The predicted molar refractivity (Wildman–Crippen MR) is 104 cm³/mol. The number of aliphatic hydroxyl groups excluding tert-OH is 1. The van der Waals surface area contributed by atoms with Crippen LogP contribution in [0, 0.1) is 11.3 Å². The maximum atomic E-state index is 9.89. The number of nitrogens with one attached hydrogen (secondary N) is 1. The van der Waals surface area contributed by atoms with E-state index in [1.807, 2.05) is 48.9 Å². The number of hydrogen-bond donors (Lipinski definition) is 2. The molecule has 1 aromatic carbocycles. The Morgan fingerprint density at radius 2 is 2.04 bits per heavy atom. The summed E-state index contributed by atoms with van der Waals surface area (Å²) in [6, 6.07) is 14.5. The van der Waals surface area contributed by atoms with Gasteiger partial charge in [-0.25, -0.2) is 4.98 Å². The summed E-state index contributed by atoms with van der Waals surface area (Å²) in [6.07, 6.45) is 3.44. The summed E-state index contributed by atoms with van der Waals surface area (Å²) >= 11 is 0. The van der Waals surface area contributed by atoms with Crippen LogP contribution in [-0.4, -0.2) is 33.5 Å². The van der Waals surface area contributed by atoms with Crippen molar-refractivity contribution < 1.29 is 9.84 Å². The lowest BCUT2D eigenvalue weighted by Gasteiger charge is -2.16. The molecule has 0 aliphatic rings. The van der Waals surface area contributed by atoms with Gasteiger partial charge >= 0.3 is 0 Å². The van der Waals surface area contributed by atoms with Gasteiger partial charge in [0.25, 0.3) is 0 Å². The zero-order valence-electron chi connectivity index (χ0n) is 15.6. The van der Waals surface area contributed by atoms with E-state index < -0.39 is 6.23 Å². The molecule has 2 N–H and O–H groups in total. The number of rotatable bonds is 8. The minimum absolute atomic E-state index is 0.186. The average molecular weight is 364 g/mol. The fourth-order valence-corrected chi connectivity index (χ4v) is 3.03. The van der Waals surface area contributed by atoms with Gasteiger partial charge in [-0.05, 0) is 25.5 Å². The smallest absolute Gasteiger partial charge is 0.233 e. The van der Waals surface area contributed by atoms with Crippen LogP contribution in [0.4, 0.5) is 0 Å². The van der Waals surface area contributed by atoms with Crippen molar-refractivity contribution in [2.75, 3.05) is 6.61 Å². The Bertz CT molecular complexity index is 928. The van der Waals surface area contributed by atoms with Crippen LogP contribution >= 0.6 is 0 Å². The van der Waals surface area contributed by atoms with Crippen LogP contribution in [0.15, 0.2) is 48.8 Å². The van der Waals surface area contributed by atoms with Crippen LogP contribution in [0.25, 0.3) is 10.9 Å². The number of hydrogen-bond acceptors (Lipinski definition) is 5. The second-order valence-corrected chi connectivity index (χ2v) is 6.76. The fraction of sp³-hybridized carbons (Fsp3) is 0.333. The minimum atomic E-state index is -0.652. The summed E-state index contributed by atoms with van der Waals surface area (Å²) in [4.78, 5) is 4.30. The van der Waals surface area contributed by atoms with Gasteiger partial charge in [0.15, 0.2) is 0 Å². The Labute approximate surface area is 159 Å². The summed E-state index contributed by atoms with van der Waals surface area (Å²) in [5.41, 5.74) is 2.38. The minimum Gasteiger partial charge on any atom is -0.477 e. The third-order valence-corrected chi connectivity index (χ3v) is 4.23. The van der Waals surface area contributed by atoms with Gasteiger partial charge in [-0.1, -0.05) is 30.3 Å². The van der Waals surface area contributed by atoms with E-state index in [1.165, 1.54) is 0 Å². The van der Waals surface area contributed by atoms with E-state index in [4.69, 9.17) is 4.74 Å². The number of benzene rings is 1. The molecule has 0 fully saturated rings. The molecule has 0 bridgehead atoms. The van der Waals surface area contributed by atoms with Crippen LogP contribution in [0.1, 0.15) is 31.4 Å². The van der Waals surface area contributed by atoms with Gasteiger partial charge in [-0.15, -0.1) is 0 Å². The van der Waals surface area contributed by atoms with Gasteiger partial charge in [0.05, 0.1) is 12.1 Å². The van der Waals surface area contributed by atoms with Crippen LogP contribution in [0.2, 0.25) is 0 Å². The quantitative estimate of drug-likeness (QED) is 0.600. The van der Waals surface area contributed by atoms with Crippen molar-refractivity contribution in [2.24, 2.45) is 0 Å². The first-order chi connectivity index (χ1) is 13.1. The number of ether oxygens (including phenoxy) is 1. The molecule has 2 aromatic heterocycles. The Hall–Kier alpha value is -2.88. The normalized spacial score (nSPS) is 12.3. The number of fused-ring (bicyclic) bond motifs is 1. The van der Waals surface area contributed by atoms with Crippen molar-refractivity contribution in [1.29, 1.82) is 5.26 Å². The monoisotopic (exact) mass is 364 g/mol. The summed E-state index contributed by atoms with van der Waals surface area (Å²) in [5, 5.41) is 23.5. The van der Waals surface area contributed by atoms with E-state index in [2.05, 4.69) is 28.5 Å². The van der Waals surface area contributed by atoms with E-state index in [1.54, 1.807) is 6.20 Å². The van der Waals surface area contributed by atoms with E-state index in [0.29, 0.717) is 24.4 Å². The number of nitriles is 1. The summed E-state index contributed by atoms with van der Waals surface area (Å²) in [7, 11) is 0. The molecule has 0 saturated carbocycles. The number of aromatic nitrogens is 2. The molecule has 1 atom stereocenters. The molecule has 0 aliphatic carbocycles. The maximum Gasteiger partial charge on any atom is 0.233 e. The van der Waals surface area contributed by atoms with E-state index in [-0.39, 0.29) is 12.6 Å². The molecule has 3 aromatic rings. The largest absolute Gasteiger partial charge is 0.477 e. The molecule has 3 rings (SSSR count). The van der Waals surface area contributed by atoms with Crippen molar-refractivity contribution in [3.05, 3.63) is 59.9 Å². The Kier molecular flexibility index (Phi) is 6.07. The third-order valence-electron chi connectivity index (χ3n) is 4.23. The van der Waals surface area contributed by atoms with Crippen LogP contribution in [0.5, 0.6) is 5.88 Å². The highest BCUT2D eigenvalue weighted by molar-refractivity contribution is 5.86. The summed E-state index contributed by atoms with van der Waals surface area (Å²) in [5.74, 6) is 0.301. The molecular weight excluding hydrogens is 340 g/mol. The van der Waals surface area contributed by atoms with Gasteiger partial charge in [0.1, 0.15) is 17.9 Å². The maximum absolute atomic E-state index is 9.89. The first-order valence-electron chi connectivity index (χ1n) is 9.07. The lowest BCUT2D eigenvalue weighted by Crippen LogP contribution is -2.35.